The summed E-state index contributed by atoms with van der Waals surface area (Å²) in [5, 5.41) is 10.3. The minimum absolute atomic E-state index is 0.0546. The van der Waals surface area contributed by atoms with Crippen LogP contribution in [0.2, 0.25) is 5.02 Å². The first kappa shape index (κ1) is 17.9. The molecule has 0 unspecified atom stereocenters. The van der Waals surface area contributed by atoms with E-state index in [2.05, 4.69) is 15.4 Å². The van der Waals surface area contributed by atoms with E-state index in [-0.39, 0.29) is 23.9 Å². The standard InChI is InChI=1S/C18H15ClFN3O3/c1-2-25-18(24)17-16(21-23-22-17)12-4-6-13(7-5-12)26-10-11-3-8-15(20)14(19)9-11/h3-9H,2,10H2,1H3,(H,21,22,23). The van der Waals surface area contributed by atoms with Gasteiger partial charge >= 0.3 is 5.97 Å². The van der Waals surface area contributed by atoms with Gasteiger partial charge in [0.25, 0.3) is 0 Å². The zero-order valence-corrected chi connectivity index (χ0v) is 14.6. The van der Waals surface area contributed by atoms with E-state index in [1.807, 2.05) is 0 Å². The average Bonchev–Trinajstić information content (AvgIpc) is 3.13. The Morgan fingerprint density at radius 2 is 1.96 bits per heavy atom. The van der Waals surface area contributed by atoms with Crippen LogP contribution >= 0.6 is 11.6 Å². The summed E-state index contributed by atoms with van der Waals surface area (Å²) in [6.07, 6.45) is 0. The van der Waals surface area contributed by atoms with Crippen LogP contribution in [0.3, 0.4) is 0 Å². The minimum Gasteiger partial charge on any atom is -0.489 e. The lowest BCUT2D eigenvalue weighted by Gasteiger charge is -2.08. The molecule has 0 aliphatic carbocycles. The molecule has 2 aromatic carbocycles. The third-order valence-corrected chi connectivity index (χ3v) is 3.82. The number of rotatable bonds is 6. The number of H-pyrrole nitrogens is 1. The Balaban J connectivity index is 1.70. The summed E-state index contributed by atoms with van der Waals surface area (Å²) in [7, 11) is 0. The van der Waals surface area contributed by atoms with Gasteiger partial charge in [0.1, 0.15) is 23.9 Å². The Morgan fingerprint density at radius 3 is 2.65 bits per heavy atom. The third-order valence-electron chi connectivity index (χ3n) is 3.53. The fraction of sp³-hybridized carbons (Fsp3) is 0.167. The number of hydrogen-bond acceptors (Lipinski definition) is 5. The van der Waals surface area contributed by atoms with Crippen LogP contribution in [0.15, 0.2) is 42.5 Å². The van der Waals surface area contributed by atoms with Gasteiger partial charge < -0.3 is 9.47 Å². The lowest BCUT2D eigenvalue weighted by atomic mass is 10.1. The molecule has 8 heteroatoms. The molecular weight excluding hydrogens is 361 g/mol. The van der Waals surface area contributed by atoms with Crippen molar-refractivity contribution in [3.63, 3.8) is 0 Å². The molecule has 0 fully saturated rings. The maximum absolute atomic E-state index is 13.2. The van der Waals surface area contributed by atoms with Crippen LogP contribution in [0.4, 0.5) is 4.39 Å². The molecule has 0 bridgehead atoms. The molecule has 1 N–H and O–H groups in total. The van der Waals surface area contributed by atoms with Crippen LogP contribution in [0.5, 0.6) is 5.75 Å². The topological polar surface area (TPSA) is 77.1 Å². The quantitative estimate of drug-likeness (QED) is 0.658. The number of halogens is 2. The second kappa shape index (κ2) is 7.97. The molecule has 0 saturated heterocycles. The monoisotopic (exact) mass is 375 g/mol. The summed E-state index contributed by atoms with van der Waals surface area (Å²) in [6.45, 7) is 2.22. The SMILES string of the molecule is CCOC(=O)c1n[nH]nc1-c1ccc(OCc2ccc(F)c(Cl)c2)cc1. The maximum Gasteiger partial charge on any atom is 0.361 e. The summed E-state index contributed by atoms with van der Waals surface area (Å²) >= 11 is 5.75. The summed E-state index contributed by atoms with van der Waals surface area (Å²) in [6, 6.07) is 11.4. The predicted molar refractivity (Wildman–Crippen MR) is 93.5 cm³/mol. The van der Waals surface area contributed by atoms with Gasteiger partial charge in [0, 0.05) is 5.56 Å². The molecule has 1 aromatic heterocycles. The van der Waals surface area contributed by atoms with Gasteiger partial charge in [0.05, 0.1) is 11.6 Å². The predicted octanol–water partition coefficient (Wildman–Crippen LogP) is 4.02. The van der Waals surface area contributed by atoms with Crippen molar-refractivity contribution in [3.05, 3.63) is 64.6 Å². The van der Waals surface area contributed by atoms with Crippen LogP contribution in [-0.4, -0.2) is 28.0 Å². The van der Waals surface area contributed by atoms with E-state index in [9.17, 15) is 9.18 Å². The Bertz CT molecular complexity index is 912. The summed E-state index contributed by atoms with van der Waals surface area (Å²) in [4.78, 5) is 11.9. The Kier molecular flexibility index (Phi) is 5.48. The molecule has 0 radical (unpaired) electrons. The number of benzene rings is 2. The highest BCUT2D eigenvalue weighted by molar-refractivity contribution is 6.30. The number of aromatic amines is 1. The first-order valence-corrected chi connectivity index (χ1v) is 8.21. The second-order valence-electron chi connectivity index (χ2n) is 5.30. The third kappa shape index (κ3) is 4.00. The second-order valence-corrected chi connectivity index (χ2v) is 5.71. The highest BCUT2D eigenvalue weighted by Gasteiger charge is 2.18. The molecule has 26 heavy (non-hydrogen) atoms. The van der Waals surface area contributed by atoms with E-state index in [1.165, 1.54) is 12.1 Å². The highest BCUT2D eigenvalue weighted by atomic mass is 35.5. The van der Waals surface area contributed by atoms with Crippen molar-refractivity contribution in [2.45, 2.75) is 13.5 Å². The number of carbonyl (C=O) groups is 1. The van der Waals surface area contributed by atoms with Gasteiger partial charge in [0.15, 0.2) is 5.69 Å². The van der Waals surface area contributed by atoms with Gasteiger partial charge in [-0.3, -0.25) is 0 Å². The Morgan fingerprint density at radius 1 is 1.19 bits per heavy atom. The number of hydrogen-bond donors (Lipinski definition) is 1. The van der Waals surface area contributed by atoms with Crippen LogP contribution in [0.25, 0.3) is 11.3 Å². The Hall–Kier alpha value is -2.93. The molecule has 3 aromatic rings. The molecule has 0 spiro atoms. The van der Waals surface area contributed by atoms with Crippen molar-refractivity contribution in [3.8, 4) is 17.0 Å². The minimum atomic E-state index is -0.537. The van der Waals surface area contributed by atoms with Gasteiger partial charge in [-0.1, -0.05) is 17.7 Å². The van der Waals surface area contributed by atoms with Crippen LogP contribution < -0.4 is 4.74 Å². The number of ether oxygens (including phenoxy) is 2. The fourth-order valence-electron chi connectivity index (χ4n) is 2.28. The van der Waals surface area contributed by atoms with Gasteiger partial charge in [-0.15, -0.1) is 5.10 Å². The lowest BCUT2D eigenvalue weighted by Crippen LogP contribution is -2.06. The number of carbonyl (C=O) groups excluding carboxylic acids is 1. The first-order chi connectivity index (χ1) is 12.6. The molecule has 134 valence electrons. The lowest BCUT2D eigenvalue weighted by molar-refractivity contribution is 0.0520. The van der Waals surface area contributed by atoms with Crippen LogP contribution in [-0.2, 0) is 11.3 Å². The maximum atomic E-state index is 13.2. The first-order valence-electron chi connectivity index (χ1n) is 7.83. The molecule has 0 atom stereocenters. The molecule has 6 nitrogen and oxygen atoms in total. The molecule has 0 amide bonds. The smallest absolute Gasteiger partial charge is 0.361 e. The van der Waals surface area contributed by atoms with E-state index in [4.69, 9.17) is 21.1 Å². The number of nitrogens with zero attached hydrogens (tertiary/aromatic N) is 2. The Labute approximate surface area is 153 Å². The largest absolute Gasteiger partial charge is 0.489 e. The van der Waals surface area contributed by atoms with E-state index in [0.717, 1.165) is 5.56 Å². The number of esters is 1. The van der Waals surface area contributed by atoms with Crippen molar-refractivity contribution in [1.82, 2.24) is 15.4 Å². The number of nitrogens with one attached hydrogen (secondary N) is 1. The van der Waals surface area contributed by atoms with Crippen molar-refractivity contribution < 1.29 is 18.7 Å². The van der Waals surface area contributed by atoms with E-state index < -0.39 is 11.8 Å². The van der Waals surface area contributed by atoms with Gasteiger partial charge in [0.2, 0.25) is 0 Å². The molecular formula is C18H15ClFN3O3. The molecule has 3 rings (SSSR count). The van der Waals surface area contributed by atoms with Crippen LogP contribution in [0, 0.1) is 5.82 Å². The summed E-state index contributed by atoms with van der Waals surface area (Å²) in [5.74, 6) is -0.398. The van der Waals surface area contributed by atoms with Gasteiger partial charge in [-0.25, -0.2) is 9.18 Å². The summed E-state index contributed by atoms with van der Waals surface area (Å²) < 4.78 is 23.8. The van der Waals surface area contributed by atoms with Gasteiger partial charge in [-0.2, -0.15) is 10.3 Å². The van der Waals surface area contributed by atoms with Crippen molar-refractivity contribution >= 4 is 17.6 Å². The molecule has 1 heterocycles. The molecule has 0 aliphatic rings. The van der Waals surface area contributed by atoms with E-state index in [0.29, 0.717) is 17.0 Å². The normalized spacial score (nSPS) is 10.6. The van der Waals surface area contributed by atoms with Crippen molar-refractivity contribution in [2.75, 3.05) is 6.61 Å². The zero-order valence-electron chi connectivity index (χ0n) is 13.8. The van der Waals surface area contributed by atoms with E-state index >= 15 is 0 Å². The average molecular weight is 376 g/mol. The molecule has 0 aliphatic heterocycles. The number of aromatic nitrogens is 3. The van der Waals surface area contributed by atoms with Gasteiger partial charge in [-0.05, 0) is 48.9 Å². The molecule has 0 saturated carbocycles. The van der Waals surface area contributed by atoms with Crippen molar-refractivity contribution in [1.29, 1.82) is 0 Å². The zero-order chi connectivity index (χ0) is 18.5. The van der Waals surface area contributed by atoms with Crippen molar-refractivity contribution in [2.24, 2.45) is 0 Å². The fourth-order valence-corrected chi connectivity index (χ4v) is 2.48. The van der Waals surface area contributed by atoms with Crippen LogP contribution in [0.1, 0.15) is 23.0 Å². The summed E-state index contributed by atoms with van der Waals surface area (Å²) in [5.41, 5.74) is 1.97. The highest BCUT2D eigenvalue weighted by Crippen LogP contribution is 2.24. The van der Waals surface area contributed by atoms with E-state index in [1.54, 1.807) is 37.3 Å².